The lowest BCUT2D eigenvalue weighted by molar-refractivity contribution is 0.0888. The summed E-state index contributed by atoms with van der Waals surface area (Å²) in [6.45, 7) is 0. The van der Waals surface area contributed by atoms with Gasteiger partial charge in [0.1, 0.15) is 40.2 Å². The Bertz CT molecular complexity index is 1930. The molecule has 2 aliphatic carbocycles. The molecule has 0 bridgehead atoms. The highest BCUT2D eigenvalue weighted by atomic mass is 16.5. The van der Waals surface area contributed by atoms with E-state index >= 15 is 0 Å². The van der Waals surface area contributed by atoms with E-state index < -0.39 is 63.0 Å². The quantitative estimate of drug-likeness (QED) is 0.216. The van der Waals surface area contributed by atoms with E-state index in [2.05, 4.69) is 0 Å². The fourth-order valence-electron chi connectivity index (χ4n) is 5.71. The molecular weight excluding hydrogens is 536 g/mol. The number of fused-ring (bicyclic) bond motifs is 4. The lowest BCUT2D eigenvalue weighted by Crippen LogP contribution is -2.22. The Morgan fingerprint density at radius 2 is 1.24 bits per heavy atom. The second-order valence-corrected chi connectivity index (χ2v) is 9.66. The highest BCUT2D eigenvalue weighted by Crippen LogP contribution is 2.54. The Hall–Kier alpha value is -5.58. The lowest BCUT2D eigenvalue weighted by atomic mass is 9.77. The number of Topliss-reactive ketones (excluding diaryl/α,β-unsaturated/α-hetero) is 2. The van der Waals surface area contributed by atoms with Crippen molar-refractivity contribution in [2.75, 3.05) is 14.2 Å². The molecule has 0 radical (unpaired) electrons. The number of aromatic hydroxyl groups is 5. The van der Waals surface area contributed by atoms with E-state index in [0.717, 1.165) is 18.2 Å². The highest BCUT2D eigenvalue weighted by Gasteiger charge is 2.40. The normalized spacial score (nSPS) is 14.1. The first kappa shape index (κ1) is 25.7. The standard InChI is InChI=1S/C30H20O11/c1-40-11-7-12-20(18(35)8-11)29(38)25-16(33)4-3-15(32)24(25)22(12)26-19(41-2)9-14-23(30(26)39)28(37)21-13(27(14)36)5-10(31)6-17(21)34/h5-9,31,34-35,38-39H,3-4H2,1-2H3. The van der Waals surface area contributed by atoms with Crippen LogP contribution in [0.3, 0.4) is 0 Å². The zero-order valence-corrected chi connectivity index (χ0v) is 21.5. The first-order chi connectivity index (χ1) is 19.5. The predicted octanol–water partition coefficient (Wildman–Crippen LogP) is 3.99. The summed E-state index contributed by atoms with van der Waals surface area (Å²) in [5, 5.41) is 53.7. The molecule has 0 fully saturated rings. The van der Waals surface area contributed by atoms with Crippen molar-refractivity contribution in [3.63, 3.8) is 0 Å². The Balaban J connectivity index is 1.81. The maximum absolute atomic E-state index is 13.7. The molecule has 0 aliphatic heterocycles. The lowest BCUT2D eigenvalue weighted by Gasteiger charge is -2.26. The van der Waals surface area contributed by atoms with Gasteiger partial charge in [-0.25, -0.2) is 0 Å². The Kier molecular flexibility index (Phi) is 5.46. The fraction of sp³-hybridized carbons (Fsp3) is 0.133. The predicted molar refractivity (Wildman–Crippen MR) is 142 cm³/mol. The molecule has 4 aromatic rings. The van der Waals surface area contributed by atoms with Crippen LogP contribution in [-0.4, -0.2) is 62.9 Å². The number of ketones is 4. The summed E-state index contributed by atoms with van der Waals surface area (Å²) in [5.74, 6) is -6.07. The topological polar surface area (TPSA) is 188 Å². The first-order valence-corrected chi connectivity index (χ1v) is 12.3. The maximum atomic E-state index is 13.7. The highest BCUT2D eigenvalue weighted by molar-refractivity contribution is 6.32. The van der Waals surface area contributed by atoms with Crippen LogP contribution in [-0.2, 0) is 0 Å². The van der Waals surface area contributed by atoms with Crippen LogP contribution in [0.1, 0.15) is 65.4 Å². The minimum Gasteiger partial charge on any atom is -0.508 e. The van der Waals surface area contributed by atoms with Crippen molar-refractivity contribution < 1.29 is 54.2 Å². The number of phenolic OH excluding ortho intramolecular Hbond substituents is 5. The van der Waals surface area contributed by atoms with Crippen molar-refractivity contribution in [3.8, 4) is 51.4 Å². The van der Waals surface area contributed by atoms with Crippen LogP contribution in [0, 0.1) is 0 Å². The van der Waals surface area contributed by atoms with Crippen molar-refractivity contribution in [1.29, 1.82) is 0 Å². The summed E-state index contributed by atoms with van der Waals surface area (Å²) in [4.78, 5) is 53.5. The van der Waals surface area contributed by atoms with Crippen molar-refractivity contribution in [2.24, 2.45) is 0 Å². The summed E-state index contributed by atoms with van der Waals surface area (Å²) in [7, 11) is 2.53. The second kappa shape index (κ2) is 8.71. The molecule has 5 N–H and O–H groups in total. The van der Waals surface area contributed by atoms with Gasteiger partial charge in [-0.1, -0.05) is 0 Å². The van der Waals surface area contributed by atoms with Crippen molar-refractivity contribution in [3.05, 3.63) is 63.7 Å². The Morgan fingerprint density at radius 1 is 0.585 bits per heavy atom. The van der Waals surface area contributed by atoms with Gasteiger partial charge in [0, 0.05) is 52.6 Å². The molecule has 0 amide bonds. The summed E-state index contributed by atoms with van der Waals surface area (Å²) < 4.78 is 10.8. The summed E-state index contributed by atoms with van der Waals surface area (Å²) in [6, 6.07) is 5.61. The largest absolute Gasteiger partial charge is 0.508 e. The summed E-state index contributed by atoms with van der Waals surface area (Å²) >= 11 is 0. The smallest absolute Gasteiger partial charge is 0.202 e. The van der Waals surface area contributed by atoms with E-state index in [-0.39, 0.29) is 68.5 Å². The van der Waals surface area contributed by atoms with Gasteiger partial charge in [-0.3, -0.25) is 19.2 Å². The zero-order chi connectivity index (χ0) is 29.5. The van der Waals surface area contributed by atoms with Crippen molar-refractivity contribution in [1.82, 2.24) is 0 Å². The molecule has 6 rings (SSSR count). The van der Waals surface area contributed by atoms with Crippen LogP contribution in [0.5, 0.6) is 40.2 Å². The molecule has 206 valence electrons. The third-order valence-electron chi connectivity index (χ3n) is 7.49. The van der Waals surface area contributed by atoms with Crippen LogP contribution < -0.4 is 9.47 Å². The molecule has 0 heterocycles. The molecular formula is C30H20O11. The minimum absolute atomic E-state index is 0.0162. The zero-order valence-electron chi connectivity index (χ0n) is 21.5. The van der Waals surface area contributed by atoms with Gasteiger partial charge in [0.05, 0.1) is 41.9 Å². The van der Waals surface area contributed by atoms with E-state index in [1.54, 1.807) is 0 Å². The van der Waals surface area contributed by atoms with E-state index in [4.69, 9.17) is 9.47 Å². The number of rotatable bonds is 3. The average molecular weight is 556 g/mol. The number of methoxy groups -OCH3 is 2. The third kappa shape index (κ3) is 3.38. The molecule has 4 aromatic carbocycles. The van der Waals surface area contributed by atoms with Gasteiger partial charge in [-0.05, 0) is 18.2 Å². The molecule has 0 spiro atoms. The monoisotopic (exact) mass is 556 g/mol. The first-order valence-electron chi connectivity index (χ1n) is 12.3. The van der Waals surface area contributed by atoms with Crippen LogP contribution in [0.4, 0.5) is 0 Å². The van der Waals surface area contributed by atoms with Gasteiger partial charge in [0.25, 0.3) is 0 Å². The molecule has 0 saturated heterocycles. The number of phenols is 5. The molecule has 0 unspecified atom stereocenters. The van der Waals surface area contributed by atoms with Crippen LogP contribution in [0.2, 0.25) is 0 Å². The van der Waals surface area contributed by atoms with Gasteiger partial charge < -0.3 is 35.0 Å². The molecule has 0 aromatic heterocycles. The van der Waals surface area contributed by atoms with E-state index in [9.17, 15) is 44.7 Å². The van der Waals surface area contributed by atoms with Crippen LogP contribution in [0.25, 0.3) is 21.9 Å². The van der Waals surface area contributed by atoms with Gasteiger partial charge in [-0.2, -0.15) is 0 Å². The summed E-state index contributed by atoms with van der Waals surface area (Å²) in [5.41, 5.74) is -2.61. The van der Waals surface area contributed by atoms with Crippen LogP contribution in [0.15, 0.2) is 30.3 Å². The Labute approximate surface area is 230 Å². The summed E-state index contributed by atoms with van der Waals surface area (Å²) in [6.07, 6.45) is -0.416. The number of benzene rings is 4. The SMILES string of the molecule is COc1cc(O)c2c(O)c3c(c(-c4c(OC)cc5c(c4O)C(=O)c4c(O)cc(O)cc4C5=O)c2c1)C(=O)CCC3=O. The van der Waals surface area contributed by atoms with Crippen molar-refractivity contribution in [2.45, 2.75) is 12.8 Å². The van der Waals surface area contributed by atoms with Gasteiger partial charge >= 0.3 is 0 Å². The number of hydrogen-bond donors (Lipinski definition) is 5. The molecule has 0 saturated carbocycles. The third-order valence-corrected chi connectivity index (χ3v) is 7.49. The maximum Gasteiger partial charge on any atom is 0.202 e. The number of ether oxygens (including phenoxy) is 2. The number of carbonyl (C=O) groups is 4. The Morgan fingerprint density at radius 3 is 1.90 bits per heavy atom. The van der Waals surface area contributed by atoms with E-state index in [0.29, 0.717) is 0 Å². The molecule has 2 aliphatic rings. The van der Waals surface area contributed by atoms with Crippen LogP contribution >= 0.6 is 0 Å². The minimum atomic E-state index is -0.951. The van der Waals surface area contributed by atoms with Gasteiger partial charge in [-0.15, -0.1) is 0 Å². The molecule has 0 atom stereocenters. The average Bonchev–Trinajstić information content (AvgIpc) is 2.92. The van der Waals surface area contributed by atoms with E-state index in [1.807, 2.05) is 0 Å². The fourth-order valence-corrected chi connectivity index (χ4v) is 5.71. The molecule has 11 nitrogen and oxygen atoms in total. The van der Waals surface area contributed by atoms with E-state index in [1.165, 1.54) is 26.4 Å². The molecule has 41 heavy (non-hydrogen) atoms. The van der Waals surface area contributed by atoms with Gasteiger partial charge in [0.2, 0.25) is 5.78 Å². The van der Waals surface area contributed by atoms with Crippen molar-refractivity contribution >= 4 is 33.9 Å². The molecule has 11 heteroatoms. The second-order valence-electron chi connectivity index (χ2n) is 9.66. The number of hydrogen-bond acceptors (Lipinski definition) is 11. The van der Waals surface area contributed by atoms with Gasteiger partial charge in [0.15, 0.2) is 17.3 Å². The number of carbonyl (C=O) groups excluding carboxylic acids is 4.